The lowest BCUT2D eigenvalue weighted by atomic mass is 10.1. The fourth-order valence-electron chi connectivity index (χ4n) is 1.48. The molecule has 3 nitrogen and oxygen atoms in total. The van der Waals surface area contributed by atoms with Gasteiger partial charge in [-0.05, 0) is 34.0 Å². The lowest BCUT2D eigenvalue weighted by Gasteiger charge is -2.08. The van der Waals surface area contributed by atoms with E-state index in [1.165, 1.54) is 11.1 Å². The van der Waals surface area contributed by atoms with Gasteiger partial charge in [0.2, 0.25) is 5.88 Å². The molecule has 4 heteroatoms. The summed E-state index contributed by atoms with van der Waals surface area (Å²) in [5, 5.41) is 4.10. The fraction of sp³-hybridized carbons (Fsp3) is 0.250. The van der Waals surface area contributed by atoms with Gasteiger partial charge in [0.25, 0.3) is 0 Å². The Morgan fingerprint density at radius 1 is 1.38 bits per heavy atom. The monoisotopic (exact) mass is 280 g/mol. The lowest BCUT2D eigenvalue weighted by Crippen LogP contribution is -2.02. The van der Waals surface area contributed by atoms with Crippen molar-refractivity contribution in [1.82, 2.24) is 9.78 Å². The zero-order valence-electron chi connectivity index (χ0n) is 9.27. The molecule has 84 valence electrons. The molecule has 0 fully saturated rings. The zero-order chi connectivity index (χ0) is 11.5. The number of ether oxygens (including phenoxy) is 1. The second-order valence-electron chi connectivity index (χ2n) is 3.64. The van der Waals surface area contributed by atoms with Crippen molar-refractivity contribution < 1.29 is 4.74 Å². The second-order valence-corrected chi connectivity index (χ2v) is 4.49. The van der Waals surface area contributed by atoms with Crippen LogP contribution >= 0.6 is 15.9 Å². The highest BCUT2D eigenvalue weighted by Crippen LogP contribution is 2.24. The highest BCUT2D eigenvalue weighted by molar-refractivity contribution is 9.10. The third-order valence-electron chi connectivity index (χ3n) is 2.47. The molecule has 2 aromatic rings. The molecule has 0 unspecified atom stereocenters. The Morgan fingerprint density at radius 3 is 2.75 bits per heavy atom. The van der Waals surface area contributed by atoms with Crippen molar-refractivity contribution in [3.05, 3.63) is 46.1 Å². The Morgan fingerprint density at radius 2 is 2.12 bits per heavy atom. The first-order chi connectivity index (χ1) is 7.68. The summed E-state index contributed by atoms with van der Waals surface area (Å²) in [7, 11) is 1.86. The van der Waals surface area contributed by atoms with E-state index in [9.17, 15) is 0 Å². The minimum atomic E-state index is 0.560. The van der Waals surface area contributed by atoms with E-state index in [0.717, 1.165) is 10.4 Å². The molecule has 0 atom stereocenters. The van der Waals surface area contributed by atoms with Gasteiger partial charge in [-0.25, -0.2) is 4.68 Å². The Bertz CT molecular complexity index is 474. The molecule has 0 aliphatic rings. The molecule has 0 amide bonds. The molecule has 1 aromatic carbocycles. The first kappa shape index (κ1) is 11.2. The fourth-order valence-corrected chi connectivity index (χ4v) is 1.94. The van der Waals surface area contributed by atoms with Gasteiger partial charge in [-0.2, -0.15) is 5.10 Å². The Labute approximate surface area is 103 Å². The number of hydrogen-bond donors (Lipinski definition) is 0. The van der Waals surface area contributed by atoms with Crippen molar-refractivity contribution in [3.63, 3.8) is 0 Å². The maximum atomic E-state index is 5.73. The molecular formula is C12H13BrN2O. The topological polar surface area (TPSA) is 27.1 Å². The molecule has 0 bridgehead atoms. The Hall–Kier alpha value is -1.29. The molecule has 0 saturated carbocycles. The van der Waals surface area contributed by atoms with Crippen LogP contribution in [0.5, 0.6) is 5.88 Å². The van der Waals surface area contributed by atoms with Crippen LogP contribution in [0, 0.1) is 6.92 Å². The van der Waals surface area contributed by atoms with Crippen molar-refractivity contribution in [1.29, 1.82) is 0 Å². The number of benzene rings is 1. The SMILES string of the molecule is Cc1ccccc1COc1c(Br)cnn1C. The molecular weight excluding hydrogens is 268 g/mol. The van der Waals surface area contributed by atoms with Gasteiger partial charge in [0.1, 0.15) is 6.61 Å². The van der Waals surface area contributed by atoms with E-state index < -0.39 is 0 Å². The molecule has 1 heterocycles. The van der Waals surface area contributed by atoms with Gasteiger partial charge in [0.05, 0.1) is 10.7 Å². The summed E-state index contributed by atoms with van der Waals surface area (Å²) in [6, 6.07) is 8.19. The molecule has 0 aliphatic carbocycles. The normalized spacial score (nSPS) is 10.4. The third-order valence-corrected chi connectivity index (χ3v) is 3.01. The van der Waals surface area contributed by atoms with Gasteiger partial charge in [-0.3, -0.25) is 0 Å². The maximum absolute atomic E-state index is 5.73. The molecule has 0 N–H and O–H groups in total. The highest BCUT2D eigenvalue weighted by Gasteiger charge is 2.07. The highest BCUT2D eigenvalue weighted by atomic mass is 79.9. The van der Waals surface area contributed by atoms with Gasteiger partial charge < -0.3 is 4.74 Å². The number of nitrogens with zero attached hydrogens (tertiary/aromatic N) is 2. The molecule has 0 radical (unpaired) electrons. The molecule has 0 saturated heterocycles. The van der Waals surface area contributed by atoms with Crippen molar-refractivity contribution >= 4 is 15.9 Å². The van der Waals surface area contributed by atoms with Gasteiger partial charge in [0, 0.05) is 7.05 Å². The Kier molecular flexibility index (Phi) is 3.29. The quantitative estimate of drug-likeness (QED) is 0.864. The van der Waals surface area contributed by atoms with Crippen LogP contribution in [-0.4, -0.2) is 9.78 Å². The van der Waals surface area contributed by atoms with E-state index in [4.69, 9.17) is 4.74 Å². The van der Waals surface area contributed by atoms with Crippen LogP contribution in [0.4, 0.5) is 0 Å². The molecule has 1 aromatic heterocycles. The largest absolute Gasteiger partial charge is 0.472 e. The minimum Gasteiger partial charge on any atom is -0.472 e. The lowest BCUT2D eigenvalue weighted by molar-refractivity contribution is 0.276. The maximum Gasteiger partial charge on any atom is 0.226 e. The van der Waals surface area contributed by atoms with Gasteiger partial charge in [-0.1, -0.05) is 24.3 Å². The van der Waals surface area contributed by atoms with Crippen molar-refractivity contribution in [2.45, 2.75) is 13.5 Å². The van der Waals surface area contributed by atoms with E-state index >= 15 is 0 Å². The predicted molar refractivity (Wildman–Crippen MR) is 66.4 cm³/mol. The summed E-state index contributed by atoms with van der Waals surface area (Å²) in [6.45, 7) is 2.64. The summed E-state index contributed by atoms with van der Waals surface area (Å²) < 4.78 is 8.32. The van der Waals surface area contributed by atoms with E-state index in [1.54, 1.807) is 10.9 Å². The van der Waals surface area contributed by atoms with E-state index in [2.05, 4.69) is 40.1 Å². The smallest absolute Gasteiger partial charge is 0.226 e. The summed E-state index contributed by atoms with van der Waals surface area (Å²) >= 11 is 3.40. The van der Waals surface area contributed by atoms with Crippen LogP contribution in [0.25, 0.3) is 0 Å². The van der Waals surface area contributed by atoms with Crippen LogP contribution in [0.2, 0.25) is 0 Å². The standard InChI is InChI=1S/C12H13BrN2O/c1-9-5-3-4-6-10(9)8-16-12-11(13)7-14-15(12)2/h3-7H,8H2,1-2H3. The number of halogens is 1. The predicted octanol–water partition coefficient (Wildman–Crippen LogP) is 3.07. The first-order valence-electron chi connectivity index (χ1n) is 5.03. The van der Waals surface area contributed by atoms with E-state index in [-0.39, 0.29) is 0 Å². The number of aromatic nitrogens is 2. The average Bonchev–Trinajstić information content (AvgIpc) is 2.58. The van der Waals surface area contributed by atoms with E-state index in [0.29, 0.717) is 6.61 Å². The zero-order valence-corrected chi connectivity index (χ0v) is 10.9. The van der Waals surface area contributed by atoms with Crippen LogP contribution in [0.3, 0.4) is 0 Å². The van der Waals surface area contributed by atoms with Crippen LogP contribution < -0.4 is 4.74 Å². The third kappa shape index (κ3) is 2.27. The molecule has 0 aliphatic heterocycles. The van der Waals surface area contributed by atoms with Gasteiger partial charge >= 0.3 is 0 Å². The van der Waals surface area contributed by atoms with E-state index in [1.807, 2.05) is 19.2 Å². The molecule has 2 rings (SSSR count). The number of aryl methyl sites for hydroxylation is 2. The van der Waals surface area contributed by atoms with Crippen LogP contribution in [-0.2, 0) is 13.7 Å². The average molecular weight is 281 g/mol. The van der Waals surface area contributed by atoms with Gasteiger partial charge in [-0.15, -0.1) is 0 Å². The summed E-state index contributed by atoms with van der Waals surface area (Å²) in [5.74, 6) is 0.753. The number of rotatable bonds is 3. The van der Waals surface area contributed by atoms with Crippen LogP contribution in [0.1, 0.15) is 11.1 Å². The molecule has 0 spiro atoms. The number of hydrogen-bond acceptors (Lipinski definition) is 2. The van der Waals surface area contributed by atoms with Crippen molar-refractivity contribution in [2.24, 2.45) is 7.05 Å². The van der Waals surface area contributed by atoms with Crippen molar-refractivity contribution in [3.8, 4) is 5.88 Å². The van der Waals surface area contributed by atoms with Crippen molar-refractivity contribution in [2.75, 3.05) is 0 Å². The minimum absolute atomic E-state index is 0.560. The second kappa shape index (κ2) is 4.70. The van der Waals surface area contributed by atoms with Crippen LogP contribution in [0.15, 0.2) is 34.9 Å². The Balaban J connectivity index is 2.11. The molecule has 16 heavy (non-hydrogen) atoms. The summed E-state index contributed by atoms with van der Waals surface area (Å²) in [5.41, 5.74) is 2.43. The summed E-state index contributed by atoms with van der Waals surface area (Å²) in [4.78, 5) is 0. The summed E-state index contributed by atoms with van der Waals surface area (Å²) in [6.07, 6.45) is 1.73. The van der Waals surface area contributed by atoms with Gasteiger partial charge in [0.15, 0.2) is 0 Å². The first-order valence-corrected chi connectivity index (χ1v) is 5.82.